The second kappa shape index (κ2) is 5.53. The summed E-state index contributed by atoms with van der Waals surface area (Å²) in [4.78, 5) is 36.2. The Morgan fingerprint density at radius 3 is 2.67 bits per heavy atom. The first-order valence-electron chi connectivity index (χ1n) is 6.23. The van der Waals surface area contributed by atoms with Gasteiger partial charge in [0.1, 0.15) is 5.75 Å². The number of anilines is 1. The first kappa shape index (κ1) is 13.0. The van der Waals surface area contributed by atoms with Crippen LogP contribution in [0.3, 0.4) is 0 Å². The summed E-state index contributed by atoms with van der Waals surface area (Å²) >= 11 is 0. The van der Waals surface area contributed by atoms with E-state index < -0.39 is 6.03 Å². The third-order valence-electron chi connectivity index (χ3n) is 2.82. The second-order valence-electron chi connectivity index (χ2n) is 4.27. The Morgan fingerprint density at radius 2 is 2.00 bits per heavy atom. The molecule has 3 rings (SSSR count). The van der Waals surface area contributed by atoms with Crippen molar-refractivity contribution in [3.8, 4) is 11.8 Å². The average molecular weight is 285 g/mol. The van der Waals surface area contributed by atoms with Crippen LogP contribution in [0.25, 0.3) is 0 Å². The zero-order chi connectivity index (χ0) is 14.7. The fraction of sp³-hybridized carbons (Fsp3) is 0.154. The average Bonchev–Trinajstić information content (AvgIpc) is 2.49. The van der Waals surface area contributed by atoms with Crippen molar-refractivity contribution >= 4 is 17.6 Å². The number of aromatic nitrogens is 3. The van der Waals surface area contributed by atoms with E-state index in [-0.39, 0.29) is 18.3 Å². The van der Waals surface area contributed by atoms with E-state index in [9.17, 15) is 9.59 Å². The van der Waals surface area contributed by atoms with Gasteiger partial charge in [0, 0.05) is 19.2 Å². The van der Waals surface area contributed by atoms with Gasteiger partial charge in [-0.3, -0.25) is 20.0 Å². The molecule has 0 aliphatic carbocycles. The Balaban J connectivity index is 1.72. The van der Waals surface area contributed by atoms with Crippen molar-refractivity contribution in [2.24, 2.45) is 0 Å². The molecule has 0 bridgehead atoms. The van der Waals surface area contributed by atoms with E-state index >= 15 is 0 Å². The number of urea groups is 1. The third-order valence-corrected chi connectivity index (χ3v) is 2.82. The van der Waals surface area contributed by atoms with Crippen molar-refractivity contribution in [2.75, 3.05) is 11.4 Å². The van der Waals surface area contributed by atoms with Crippen LogP contribution >= 0.6 is 0 Å². The number of ether oxygens (including phenoxy) is 1. The lowest BCUT2D eigenvalue weighted by molar-refractivity contribution is -0.120. The minimum absolute atomic E-state index is 0.153. The van der Waals surface area contributed by atoms with Crippen LogP contribution in [0.5, 0.6) is 11.8 Å². The maximum absolute atomic E-state index is 11.7. The quantitative estimate of drug-likeness (QED) is 0.907. The number of hydrogen-bond acceptors (Lipinski definition) is 6. The molecule has 106 valence electrons. The molecule has 0 unspecified atom stereocenters. The molecule has 3 amide bonds. The van der Waals surface area contributed by atoms with Gasteiger partial charge in [-0.25, -0.2) is 14.8 Å². The van der Waals surface area contributed by atoms with E-state index in [1.807, 2.05) is 0 Å². The maximum atomic E-state index is 11.7. The molecule has 1 aliphatic heterocycles. The maximum Gasteiger partial charge on any atom is 0.328 e. The zero-order valence-corrected chi connectivity index (χ0v) is 10.9. The van der Waals surface area contributed by atoms with Crippen LogP contribution in [0.1, 0.15) is 6.42 Å². The molecule has 0 saturated carbocycles. The van der Waals surface area contributed by atoms with Gasteiger partial charge in [-0.05, 0) is 12.1 Å². The number of rotatable bonds is 3. The number of nitrogens with zero attached hydrogens (tertiary/aromatic N) is 4. The Labute approximate surface area is 119 Å². The van der Waals surface area contributed by atoms with Gasteiger partial charge in [0.05, 0.1) is 24.3 Å². The van der Waals surface area contributed by atoms with Crippen molar-refractivity contribution in [1.29, 1.82) is 0 Å². The molecule has 1 N–H and O–H groups in total. The molecule has 0 atom stereocenters. The highest BCUT2D eigenvalue weighted by Gasteiger charge is 2.24. The predicted molar refractivity (Wildman–Crippen MR) is 71.8 cm³/mol. The third kappa shape index (κ3) is 2.94. The molecule has 8 heteroatoms. The van der Waals surface area contributed by atoms with Crippen molar-refractivity contribution in [3.63, 3.8) is 0 Å². The highest BCUT2D eigenvalue weighted by molar-refractivity contribution is 6.05. The van der Waals surface area contributed by atoms with Gasteiger partial charge < -0.3 is 4.74 Å². The summed E-state index contributed by atoms with van der Waals surface area (Å²) < 4.78 is 5.41. The topological polar surface area (TPSA) is 97.3 Å². The van der Waals surface area contributed by atoms with Crippen LogP contribution in [0.4, 0.5) is 10.5 Å². The smallest absolute Gasteiger partial charge is 0.328 e. The summed E-state index contributed by atoms with van der Waals surface area (Å²) in [5.74, 6) is 0.236. The minimum atomic E-state index is -0.476. The molecular formula is C13H11N5O3. The molecule has 1 saturated heterocycles. The first-order valence-corrected chi connectivity index (χ1v) is 6.23. The number of carbonyl (C=O) groups is 2. The summed E-state index contributed by atoms with van der Waals surface area (Å²) in [6, 6.07) is 3.14. The van der Waals surface area contributed by atoms with Crippen LogP contribution in [0.2, 0.25) is 0 Å². The van der Waals surface area contributed by atoms with Crippen molar-refractivity contribution < 1.29 is 14.3 Å². The summed E-state index contributed by atoms with van der Waals surface area (Å²) in [7, 11) is 0. The molecule has 21 heavy (non-hydrogen) atoms. The lowest BCUT2D eigenvalue weighted by Crippen LogP contribution is -2.49. The largest absolute Gasteiger partial charge is 0.423 e. The van der Waals surface area contributed by atoms with E-state index in [0.29, 0.717) is 18.0 Å². The van der Waals surface area contributed by atoms with Gasteiger partial charge in [-0.15, -0.1) is 0 Å². The van der Waals surface area contributed by atoms with Crippen LogP contribution in [-0.4, -0.2) is 33.4 Å². The summed E-state index contributed by atoms with van der Waals surface area (Å²) in [5.41, 5.74) is 0.499. The molecule has 8 nitrogen and oxygen atoms in total. The molecule has 0 aromatic carbocycles. The second-order valence-corrected chi connectivity index (χ2v) is 4.27. The highest BCUT2D eigenvalue weighted by atomic mass is 16.5. The van der Waals surface area contributed by atoms with Gasteiger partial charge in [0.15, 0.2) is 0 Å². The molecule has 2 aromatic rings. The number of amides is 3. The Hall–Kier alpha value is -3.03. The van der Waals surface area contributed by atoms with Gasteiger partial charge in [-0.2, -0.15) is 0 Å². The SMILES string of the molecule is O=C1CCN(c2cnc(Oc3cccnc3)nc2)C(=O)N1. The summed E-state index contributed by atoms with van der Waals surface area (Å²) in [6.07, 6.45) is 6.36. The van der Waals surface area contributed by atoms with Crippen LogP contribution in [0.15, 0.2) is 36.9 Å². The molecule has 3 heterocycles. The van der Waals surface area contributed by atoms with Crippen LogP contribution in [-0.2, 0) is 4.79 Å². The normalized spacial score (nSPS) is 14.8. The van der Waals surface area contributed by atoms with Crippen LogP contribution in [0, 0.1) is 0 Å². The van der Waals surface area contributed by atoms with E-state index in [1.165, 1.54) is 17.3 Å². The Bertz CT molecular complexity index is 659. The van der Waals surface area contributed by atoms with E-state index in [2.05, 4.69) is 20.3 Å². The minimum Gasteiger partial charge on any atom is -0.423 e. The lowest BCUT2D eigenvalue weighted by Gasteiger charge is -2.25. The first-order chi connectivity index (χ1) is 10.2. The number of imide groups is 1. The molecule has 0 radical (unpaired) electrons. The van der Waals surface area contributed by atoms with Crippen molar-refractivity contribution in [2.45, 2.75) is 6.42 Å². The Kier molecular flexibility index (Phi) is 3.42. The predicted octanol–water partition coefficient (Wildman–Crippen LogP) is 1.11. The Morgan fingerprint density at radius 1 is 1.19 bits per heavy atom. The van der Waals surface area contributed by atoms with Gasteiger partial charge in [0.2, 0.25) is 5.91 Å². The monoisotopic (exact) mass is 285 g/mol. The van der Waals surface area contributed by atoms with Gasteiger partial charge in [0.25, 0.3) is 0 Å². The standard InChI is InChI=1S/C13H11N5O3/c19-11-3-5-18(13(20)17-11)9-6-15-12(16-7-9)21-10-2-1-4-14-8-10/h1-2,4,6-8H,3,5H2,(H,17,19,20). The zero-order valence-electron chi connectivity index (χ0n) is 10.9. The fourth-order valence-electron chi connectivity index (χ4n) is 1.82. The lowest BCUT2D eigenvalue weighted by atomic mass is 10.3. The van der Waals surface area contributed by atoms with Crippen molar-refractivity contribution in [3.05, 3.63) is 36.9 Å². The molecule has 2 aromatic heterocycles. The van der Waals surface area contributed by atoms with Crippen molar-refractivity contribution in [1.82, 2.24) is 20.3 Å². The molecule has 0 spiro atoms. The highest BCUT2D eigenvalue weighted by Crippen LogP contribution is 2.19. The molecule has 1 fully saturated rings. The van der Waals surface area contributed by atoms with Crippen LogP contribution < -0.4 is 15.0 Å². The number of nitrogens with one attached hydrogen (secondary N) is 1. The van der Waals surface area contributed by atoms with E-state index in [0.717, 1.165) is 0 Å². The number of pyridine rings is 1. The summed E-state index contributed by atoms with van der Waals surface area (Å²) in [6.45, 7) is 0.302. The molecular weight excluding hydrogens is 274 g/mol. The van der Waals surface area contributed by atoms with E-state index in [4.69, 9.17) is 4.74 Å². The fourth-order valence-corrected chi connectivity index (χ4v) is 1.82. The van der Waals surface area contributed by atoms with E-state index in [1.54, 1.807) is 24.5 Å². The van der Waals surface area contributed by atoms with Gasteiger partial charge in [-0.1, -0.05) is 0 Å². The number of carbonyl (C=O) groups excluding carboxylic acids is 2. The number of hydrogen-bond donors (Lipinski definition) is 1. The van der Waals surface area contributed by atoms with Gasteiger partial charge >= 0.3 is 12.0 Å². The molecule has 1 aliphatic rings. The summed E-state index contributed by atoms with van der Waals surface area (Å²) in [5, 5.41) is 2.24.